The maximum Gasteiger partial charge on any atom is 0.306 e. The Morgan fingerprint density at radius 3 is 1.02 bits per heavy atom. The fourth-order valence-electron chi connectivity index (χ4n) is 6.63. The van der Waals surface area contributed by atoms with Crippen molar-refractivity contribution in [3.8, 4) is 0 Å². The number of hydrogen-bond acceptors (Lipinski definition) is 6. The maximum atomic E-state index is 12.8. The molecule has 0 aliphatic rings. The Labute approximate surface area is 369 Å². The first-order valence-electron chi connectivity index (χ1n) is 24.7. The Morgan fingerprint density at radius 2 is 0.650 bits per heavy atom. The van der Waals surface area contributed by atoms with Gasteiger partial charge in [0.05, 0.1) is 0 Å². The van der Waals surface area contributed by atoms with E-state index in [1.54, 1.807) is 0 Å². The van der Waals surface area contributed by atoms with Crippen molar-refractivity contribution in [1.29, 1.82) is 0 Å². The number of rotatable bonds is 43. The Bertz CT molecular complexity index is 1190. The number of ether oxygens (including phenoxy) is 3. The van der Waals surface area contributed by atoms with Crippen LogP contribution < -0.4 is 0 Å². The number of carbonyl (C=O) groups is 3. The van der Waals surface area contributed by atoms with Gasteiger partial charge in [-0.05, 0) is 57.8 Å². The molecule has 0 aliphatic heterocycles. The lowest BCUT2D eigenvalue weighted by Gasteiger charge is -2.18. The van der Waals surface area contributed by atoms with Gasteiger partial charge < -0.3 is 14.2 Å². The second kappa shape index (κ2) is 48.3. The molecule has 0 rings (SSSR count). The molecule has 0 aliphatic carbocycles. The molecule has 0 saturated carbocycles. The first kappa shape index (κ1) is 56.6. The van der Waals surface area contributed by atoms with Crippen LogP contribution >= 0.6 is 0 Å². The summed E-state index contributed by atoms with van der Waals surface area (Å²) in [5.74, 6) is -0.937. The van der Waals surface area contributed by atoms with Gasteiger partial charge >= 0.3 is 17.9 Å². The summed E-state index contributed by atoms with van der Waals surface area (Å²) in [6, 6.07) is 0. The first-order valence-corrected chi connectivity index (χ1v) is 24.7. The Morgan fingerprint density at radius 1 is 0.350 bits per heavy atom. The van der Waals surface area contributed by atoms with Crippen LogP contribution in [-0.4, -0.2) is 37.2 Å². The molecule has 1 atom stereocenters. The van der Waals surface area contributed by atoms with Crippen molar-refractivity contribution in [2.24, 2.45) is 0 Å². The van der Waals surface area contributed by atoms with Crippen molar-refractivity contribution in [2.75, 3.05) is 13.2 Å². The van der Waals surface area contributed by atoms with Crippen molar-refractivity contribution < 1.29 is 28.6 Å². The van der Waals surface area contributed by atoms with E-state index in [0.717, 1.165) is 109 Å². The highest BCUT2D eigenvalue weighted by molar-refractivity contribution is 5.71. The number of esters is 3. The molecule has 0 N–H and O–H groups in total. The largest absolute Gasteiger partial charge is 0.462 e. The summed E-state index contributed by atoms with van der Waals surface area (Å²) in [6.45, 7) is 6.32. The highest BCUT2D eigenvalue weighted by atomic mass is 16.6. The normalized spacial score (nSPS) is 12.8. The average molecular weight is 835 g/mol. The Balaban J connectivity index is 4.45. The summed E-state index contributed by atoms with van der Waals surface area (Å²) in [4.78, 5) is 37.9. The van der Waals surface area contributed by atoms with Crippen molar-refractivity contribution in [3.63, 3.8) is 0 Å². The number of carbonyl (C=O) groups excluding carboxylic acids is 3. The molecule has 342 valence electrons. The van der Waals surface area contributed by atoms with Crippen molar-refractivity contribution >= 4 is 17.9 Å². The summed E-state index contributed by atoms with van der Waals surface area (Å²) in [5, 5.41) is 0. The molecule has 0 fully saturated rings. The Kier molecular flexibility index (Phi) is 45.5. The van der Waals surface area contributed by atoms with E-state index in [0.29, 0.717) is 19.3 Å². The van der Waals surface area contributed by atoms with Crippen LogP contribution in [0.5, 0.6) is 0 Å². The van der Waals surface area contributed by atoms with Gasteiger partial charge in [0.2, 0.25) is 0 Å². The smallest absolute Gasteiger partial charge is 0.306 e. The van der Waals surface area contributed by atoms with Gasteiger partial charge in [-0.1, -0.05) is 228 Å². The third-order valence-electron chi connectivity index (χ3n) is 10.3. The SMILES string of the molecule is CC/C=C/C=C/C=C/C=C/CCCCCCCC(=O)OCC(COC(=O)CCCCCCC/C=C/C=C/C=C/CC)OC(=O)CCCCCCCCCCCCCCCC. The fraction of sp³-hybridized carbons (Fsp3) is 0.685. The molecule has 6 nitrogen and oxygen atoms in total. The summed E-state index contributed by atoms with van der Waals surface area (Å²) < 4.78 is 16.7. The van der Waals surface area contributed by atoms with E-state index in [4.69, 9.17) is 14.2 Å². The fourth-order valence-corrected chi connectivity index (χ4v) is 6.63. The molecule has 0 aromatic heterocycles. The van der Waals surface area contributed by atoms with Gasteiger partial charge in [-0.2, -0.15) is 0 Å². The van der Waals surface area contributed by atoms with Gasteiger partial charge in [-0.15, -0.1) is 0 Å². The topological polar surface area (TPSA) is 78.9 Å². The van der Waals surface area contributed by atoms with E-state index in [9.17, 15) is 14.4 Å². The Hall–Kier alpha value is -3.41. The van der Waals surface area contributed by atoms with Gasteiger partial charge in [-0.25, -0.2) is 0 Å². The molecule has 0 saturated heterocycles. The lowest BCUT2D eigenvalue weighted by molar-refractivity contribution is -0.167. The van der Waals surface area contributed by atoms with E-state index in [1.165, 1.54) is 70.6 Å². The predicted octanol–water partition coefficient (Wildman–Crippen LogP) is 16.0. The third kappa shape index (κ3) is 45.7. The molecule has 0 radical (unpaired) electrons. The molecular weight excluding hydrogens is 745 g/mol. The first-order chi connectivity index (χ1) is 29.5. The summed E-state index contributed by atoms with van der Waals surface area (Å²) in [6.07, 6.45) is 61.3. The van der Waals surface area contributed by atoms with E-state index < -0.39 is 6.10 Å². The van der Waals surface area contributed by atoms with Gasteiger partial charge in [0.1, 0.15) is 13.2 Å². The van der Waals surface area contributed by atoms with Crippen molar-refractivity contribution in [2.45, 2.75) is 226 Å². The molecule has 0 spiro atoms. The monoisotopic (exact) mass is 835 g/mol. The minimum Gasteiger partial charge on any atom is -0.462 e. The van der Waals surface area contributed by atoms with Crippen LogP contribution in [0.3, 0.4) is 0 Å². The van der Waals surface area contributed by atoms with Crippen LogP contribution in [0.25, 0.3) is 0 Å². The van der Waals surface area contributed by atoms with Gasteiger partial charge in [0.25, 0.3) is 0 Å². The molecule has 0 aromatic carbocycles. The van der Waals surface area contributed by atoms with Gasteiger partial charge in [-0.3, -0.25) is 14.4 Å². The van der Waals surface area contributed by atoms with Crippen LogP contribution in [-0.2, 0) is 28.6 Å². The van der Waals surface area contributed by atoms with Gasteiger partial charge in [0, 0.05) is 19.3 Å². The summed E-state index contributed by atoms with van der Waals surface area (Å²) in [7, 11) is 0. The third-order valence-corrected chi connectivity index (χ3v) is 10.3. The minimum absolute atomic E-state index is 0.0944. The van der Waals surface area contributed by atoms with Crippen molar-refractivity contribution in [1.82, 2.24) is 0 Å². The average Bonchev–Trinajstić information content (AvgIpc) is 3.24. The molecule has 0 amide bonds. The predicted molar refractivity (Wildman–Crippen MR) is 256 cm³/mol. The number of unbranched alkanes of at least 4 members (excludes halogenated alkanes) is 23. The lowest BCUT2D eigenvalue weighted by Crippen LogP contribution is -2.30. The van der Waals surface area contributed by atoms with E-state index >= 15 is 0 Å². The second-order valence-corrected chi connectivity index (χ2v) is 16.1. The van der Waals surface area contributed by atoms with E-state index in [2.05, 4.69) is 87.6 Å². The van der Waals surface area contributed by atoms with E-state index in [-0.39, 0.29) is 31.1 Å². The highest BCUT2D eigenvalue weighted by Gasteiger charge is 2.19. The molecule has 0 aromatic rings. The minimum atomic E-state index is -0.792. The highest BCUT2D eigenvalue weighted by Crippen LogP contribution is 2.15. The van der Waals surface area contributed by atoms with Crippen LogP contribution in [0, 0.1) is 0 Å². The second-order valence-electron chi connectivity index (χ2n) is 16.1. The quantitative estimate of drug-likeness (QED) is 0.0263. The molecule has 0 heterocycles. The number of allylic oxidation sites excluding steroid dienone is 14. The maximum absolute atomic E-state index is 12.8. The lowest BCUT2D eigenvalue weighted by atomic mass is 10.0. The standard InChI is InChI=1S/C54H90O6/c1-4-7-10-13-16-19-22-25-27-30-32-35-38-41-44-47-53(56)59-50-51(49-58-52(55)46-43-40-37-34-31-28-24-21-18-15-12-9-6-3)60-54(57)48-45-42-39-36-33-29-26-23-20-17-14-11-8-5-2/h7,9-10,12-13,15-16,18-19,21-22,24-25,27,51H,4-6,8,11,14,17,20,23,26,28-50H2,1-3H3/b10-7+,12-9+,16-13+,18-15+,22-19+,24-21+,27-25+. The van der Waals surface area contributed by atoms with Crippen LogP contribution in [0.1, 0.15) is 220 Å². The van der Waals surface area contributed by atoms with Crippen LogP contribution in [0.4, 0.5) is 0 Å². The van der Waals surface area contributed by atoms with Crippen LogP contribution in [0.15, 0.2) is 85.1 Å². The zero-order valence-corrected chi connectivity index (χ0v) is 38.9. The molecular formula is C54H90O6. The molecule has 0 bridgehead atoms. The molecule has 1 unspecified atom stereocenters. The van der Waals surface area contributed by atoms with E-state index in [1.807, 2.05) is 18.2 Å². The summed E-state index contributed by atoms with van der Waals surface area (Å²) >= 11 is 0. The zero-order valence-electron chi connectivity index (χ0n) is 38.9. The van der Waals surface area contributed by atoms with Crippen LogP contribution in [0.2, 0.25) is 0 Å². The summed E-state index contributed by atoms with van der Waals surface area (Å²) in [5.41, 5.74) is 0. The number of hydrogen-bond donors (Lipinski definition) is 0. The molecule has 60 heavy (non-hydrogen) atoms. The molecule has 6 heteroatoms. The van der Waals surface area contributed by atoms with Crippen molar-refractivity contribution in [3.05, 3.63) is 85.1 Å². The van der Waals surface area contributed by atoms with Gasteiger partial charge in [0.15, 0.2) is 6.10 Å². The zero-order chi connectivity index (χ0) is 43.7.